The molecule has 0 saturated heterocycles. The summed E-state index contributed by atoms with van der Waals surface area (Å²) in [6, 6.07) is 13.9. The Kier molecular flexibility index (Phi) is 3.84. The Bertz CT molecular complexity index is 902. The third-order valence-electron chi connectivity index (χ3n) is 4.78. The molecule has 5 heteroatoms. The van der Waals surface area contributed by atoms with Gasteiger partial charge >= 0.3 is 0 Å². The highest BCUT2D eigenvalue weighted by Gasteiger charge is 2.44. The first-order valence-corrected chi connectivity index (χ1v) is 8.47. The topological polar surface area (TPSA) is 59.8 Å². The van der Waals surface area contributed by atoms with Crippen LogP contribution in [0.15, 0.2) is 54.9 Å². The molecule has 1 amide bonds. The number of carbonyl (C=O) groups is 1. The van der Waals surface area contributed by atoms with E-state index in [4.69, 9.17) is 0 Å². The molecule has 5 nitrogen and oxygen atoms in total. The molecule has 4 rings (SSSR count). The SMILES string of the molecule is Cc1nn(-c2ccccc2)c(C)c1NC(=O)[C@H]1C[C@H]1c1cccnc1. The summed E-state index contributed by atoms with van der Waals surface area (Å²) in [6.45, 7) is 3.90. The highest BCUT2D eigenvalue weighted by molar-refractivity contribution is 5.96. The summed E-state index contributed by atoms with van der Waals surface area (Å²) in [5.41, 5.74) is 4.70. The van der Waals surface area contributed by atoms with Gasteiger partial charge in [0, 0.05) is 18.3 Å². The third kappa shape index (κ3) is 2.93. The smallest absolute Gasteiger partial charge is 0.228 e. The zero-order valence-electron chi connectivity index (χ0n) is 14.3. The highest BCUT2D eigenvalue weighted by Crippen LogP contribution is 2.47. The fourth-order valence-corrected chi connectivity index (χ4v) is 3.31. The Balaban J connectivity index is 1.52. The van der Waals surface area contributed by atoms with Crippen LogP contribution in [-0.2, 0) is 4.79 Å². The van der Waals surface area contributed by atoms with Gasteiger partial charge in [-0.25, -0.2) is 4.68 Å². The van der Waals surface area contributed by atoms with Gasteiger partial charge in [-0.1, -0.05) is 24.3 Å². The van der Waals surface area contributed by atoms with Crippen molar-refractivity contribution in [1.82, 2.24) is 14.8 Å². The number of hydrogen-bond acceptors (Lipinski definition) is 3. The Labute approximate surface area is 146 Å². The number of carbonyl (C=O) groups excluding carboxylic acids is 1. The standard InChI is InChI=1S/C20H20N4O/c1-13-19(14(2)24(23-13)16-8-4-3-5-9-16)22-20(25)18-11-17(18)15-7-6-10-21-12-15/h3-10,12,17-18H,11H2,1-2H3,(H,22,25)/t17-,18-/m0/s1. The molecular weight excluding hydrogens is 312 g/mol. The molecule has 0 spiro atoms. The van der Waals surface area contributed by atoms with Crippen LogP contribution < -0.4 is 5.32 Å². The number of amides is 1. The summed E-state index contributed by atoms with van der Waals surface area (Å²) in [5, 5.41) is 7.67. The van der Waals surface area contributed by atoms with Gasteiger partial charge in [-0.15, -0.1) is 0 Å². The van der Waals surface area contributed by atoms with Crippen molar-refractivity contribution in [2.45, 2.75) is 26.2 Å². The Hall–Kier alpha value is -2.95. The third-order valence-corrected chi connectivity index (χ3v) is 4.78. The van der Waals surface area contributed by atoms with Gasteiger partial charge in [-0.05, 0) is 49.9 Å². The minimum absolute atomic E-state index is 0.0167. The summed E-state index contributed by atoms with van der Waals surface area (Å²) >= 11 is 0. The van der Waals surface area contributed by atoms with Gasteiger partial charge < -0.3 is 5.32 Å². The number of hydrogen-bond donors (Lipinski definition) is 1. The van der Waals surface area contributed by atoms with E-state index in [-0.39, 0.29) is 17.7 Å². The van der Waals surface area contributed by atoms with Crippen LogP contribution in [0.1, 0.15) is 29.3 Å². The zero-order chi connectivity index (χ0) is 17.4. The maximum atomic E-state index is 12.6. The molecule has 1 saturated carbocycles. The van der Waals surface area contributed by atoms with Gasteiger partial charge in [-0.2, -0.15) is 5.10 Å². The van der Waals surface area contributed by atoms with Gasteiger partial charge in [0.15, 0.2) is 0 Å². The predicted molar refractivity (Wildman–Crippen MR) is 96.8 cm³/mol. The lowest BCUT2D eigenvalue weighted by atomic mass is 10.1. The van der Waals surface area contributed by atoms with Crippen LogP contribution in [-0.4, -0.2) is 20.7 Å². The molecular formula is C20H20N4O. The molecule has 1 aliphatic carbocycles. The van der Waals surface area contributed by atoms with Crippen LogP contribution in [0.4, 0.5) is 5.69 Å². The number of anilines is 1. The summed E-state index contributed by atoms with van der Waals surface area (Å²) < 4.78 is 1.87. The van der Waals surface area contributed by atoms with Crippen molar-refractivity contribution in [3.8, 4) is 5.69 Å². The molecule has 1 N–H and O–H groups in total. The lowest BCUT2D eigenvalue weighted by molar-refractivity contribution is -0.117. The van der Waals surface area contributed by atoms with E-state index in [1.807, 2.05) is 67.2 Å². The van der Waals surface area contributed by atoms with E-state index in [0.29, 0.717) is 0 Å². The predicted octanol–water partition coefficient (Wildman–Crippen LogP) is 3.63. The molecule has 2 atom stereocenters. The van der Waals surface area contributed by atoms with E-state index in [1.165, 1.54) is 0 Å². The van der Waals surface area contributed by atoms with E-state index in [2.05, 4.69) is 15.4 Å². The molecule has 1 aromatic carbocycles. The average molecular weight is 332 g/mol. The monoisotopic (exact) mass is 332 g/mol. The molecule has 1 fully saturated rings. The van der Waals surface area contributed by atoms with Gasteiger partial charge in [0.25, 0.3) is 0 Å². The van der Waals surface area contributed by atoms with Crippen LogP contribution in [0.2, 0.25) is 0 Å². The first-order valence-electron chi connectivity index (χ1n) is 8.47. The summed E-state index contributed by atoms with van der Waals surface area (Å²) in [7, 11) is 0. The minimum atomic E-state index is 0.0167. The second kappa shape index (κ2) is 6.16. The number of nitrogens with one attached hydrogen (secondary N) is 1. The van der Waals surface area contributed by atoms with Crippen molar-refractivity contribution in [2.24, 2.45) is 5.92 Å². The van der Waals surface area contributed by atoms with Crippen molar-refractivity contribution in [3.63, 3.8) is 0 Å². The highest BCUT2D eigenvalue weighted by atomic mass is 16.2. The number of pyridine rings is 1. The van der Waals surface area contributed by atoms with Crippen molar-refractivity contribution in [3.05, 3.63) is 71.8 Å². The number of nitrogens with zero attached hydrogens (tertiary/aromatic N) is 3. The molecule has 126 valence electrons. The van der Waals surface area contributed by atoms with Crippen molar-refractivity contribution in [1.29, 1.82) is 0 Å². The average Bonchev–Trinajstić information content (AvgIpc) is 3.41. The Morgan fingerprint density at radius 2 is 1.96 bits per heavy atom. The molecule has 0 radical (unpaired) electrons. The molecule has 2 heterocycles. The fraction of sp³-hybridized carbons (Fsp3) is 0.250. The fourth-order valence-electron chi connectivity index (χ4n) is 3.31. The van der Waals surface area contributed by atoms with Crippen molar-refractivity contribution in [2.75, 3.05) is 5.32 Å². The van der Waals surface area contributed by atoms with Crippen LogP contribution in [0.3, 0.4) is 0 Å². The quantitative estimate of drug-likeness (QED) is 0.794. The van der Waals surface area contributed by atoms with Crippen molar-refractivity contribution < 1.29 is 4.79 Å². The zero-order valence-corrected chi connectivity index (χ0v) is 14.3. The number of aryl methyl sites for hydroxylation is 1. The van der Waals surface area contributed by atoms with E-state index >= 15 is 0 Å². The maximum Gasteiger partial charge on any atom is 0.228 e. The normalized spacial score (nSPS) is 18.8. The molecule has 25 heavy (non-hydrogen) atoms. The number of aromatic nitrogens is 3. The van der Waals surface area contributed by atoms with Gasteiger partial charge in [0.05, 0.1) is 22.8 Å². The number of benzene rings is 1. The van der Waals surface area contributed by atoms with E-state index < -0.39 is 0 Å². The van der Waals surface area contributed by atoms with Gasteiger partial charge in [-0.3, -0.25) is 9.78 Å². The van der Waals surface area contributed by atoms with Gasteiger partial charge in [0.1, 0.15) is 0 Å². The molecule has 0 bridgehead atoms. The largest absolute Gasteiger partial charge is 0.323 e. The first-order chi connectivity index (χ1) is 12.1. The van der Waals surface area contributed by atoms with Crippen molar-refractivity contribution >= 4 is 11.6 Å². The van der Waals surface area contributed by atoms with E-state index in [0.717, 1.165) is 34.7 Å². The Morgan fingerprint density at radius 3 is 2.68 bits per heavy atom. The van der Waals surface area contributed by atoms with E-state index in [1.54, 1.807) is 6.20 Å². The summed E-state index contributed by atoms with van der Waals surface area (Å²) in [4.78, 5) is 16.8. The number of para-hydroxylation sites is 1. The second-order valence-corrected chi connectivity index (χ2v) is 6.52. The Morgan fingerprint density at radius 1 is 1.16 bits per heavy atom. The number of rotatable bonds is 4. The summed E-state index contributed by atoms with van der Waals surface area (Å²) in [5.74, 6) is 0.356. The molecule has 0 unspecified atom stereocenters. The molecule has 3 aromatic rings. The van der Waals surface area contributed by atoms with Crippen LogP contribution in [0, 0.1) is 19.8 Å². The second-order valence-electron chi connectivity index (χ2n) is 6.52. The van der Waals surface area contributed by atoms with Crippen LogP contribution >= 0.6 is 0 Å². The molecule has 1 aliphatic rings. The molecule has 2 aromatic heterocycles. The van der Waals surface area contributed by atoms with E-state index in [9.17, 15) is 4.79 Å². The maximum absolute atomic E-state index is 12.6. The van der Waals surface area contributed by atoms with Crippen LogP contribution in [0.5, 0.6) is 0 Å². The van der Waals surface area contributed by atoms with Crippen LogP contribution in [0.25, 0.3) is 5.69 Å². The first kappa shape index (κ1) is 15.6. The van der Waals surface area contributed by atoms with Gasteiger partial charge in [0.2, 0.25) is 5.91 Å². The lowest BCUT2D eigenvalue weighted by Crippen LogP contribution is -2.15. The minimum Gasteiger partial charge on any atom is -0.323 e. The lowest BCUT2D eigenvalue weighted by Gasteiger charge is -2.07. The summed E-state index contributed by atoms with van der Waals surface area (Å²) in [6.07, 6.45) is 4.48. The molecule has 0 aliphatic heterocycles.